The molecule has 2 N–H and O–H groups in total. The monoisotopic (exact) mass is 333 g/mol. The van der Waals surface area contributed by atoms with Gasteiger partial charge in [-0.05, 0) is 18.8 Å². The maximum absolute atomic E-state index is 12.0. The molecule has 2 aliphatic heterocycles. The van der Waals surface area contributed by atoms with Crippen LogP contribution in [0.4, 0.5) is 0 Å². The Balaban J connectivity index is 1.75. The molecule has 2 heterocycles. The number of carbonyl (C=O) groups excluding carboxylic acids is 1. The van der Waals surface area contributed by atoms with Gasteiger partial charge in [-0.1, -0.05) is 0 Å². The predicted molar refractivity (Wildman–Crippen MR) is 85.9 cm³/mol. The van der Waals surface area contributed by atoms with Gasteiger partial charge in [0.05, 0.1) is 5.92 Å². The number of hydrogen-bond acceptors (Lipinski definition) is 5. The van der Waals surface area contributed by atoms with E-state index in [0.29, 0.717) is 24.9 Å². The number of aliphatic carboxylic acids is 1. The van der Waals surface area contributed by atoms with Crippen LogP contribution in [0.1, 0.15) is 19.3 Å². The van der Waals surface area contributed by atoms with E-state index >= 15 is 0 Å². The van der Waals surface area contributed by atoms with E-state index in [9.17, 15) is 14.7 Å². The molecule has 0 aliphatic carbocycles. The summed E-state index contributed by atoms with van der Waals surface area (Å²) in [6.07, 6.45) is 2.03. The number of thioether (sulfide) groups is 2. The second kappa shape index (κ2) is 8.90. The molecule has 2 rings (SSSR count). The summed E-state index contributed by atoms with van der Waals surface area (Å²) in [5.41, 5.74) is 0. The van der Waals surface area contributed by atoms with Crippen LogP contribution in [0.15, 0.2) is 0 Å². The van der Waals surface area contributed by atoms with Crippen molar-refractivity contribution >= 4 is 35.4 Å². The molecule has 120 valence electrons. The van der Waals surface area contributed by atoms with Crippen molar-refractivity contribution in [2.75, 3.05) is 37.0 Å². The van der Waals surface area contributed by atoms with Gasteiger partial charge in [0.1, 0.15) is 0 Å². The summed E-state index contributed by atoms with van der Waals surface area (Å²) in [4.78, 5) is 23.4. The lowest BCUT2D eigenvalue weighted by Gasteiger charge is -2.28. The molecule has 0 spiro atoms. The first-order valence-corrected chi connectivity index (χ1v) is 9.63. The first-order valence-electron chi connectivity index (χ1n) is 7.43. The van der Waals surface area contributed by atoms with Crippen molar-refractivity contribution in [1.82, 2.24) is 5.32 Å². The van der Waals surface area contributed by atoms with E-state index < -0.39 is 11.9 Å². The molecular weight excluding hydrogens is 310 g/mol. The molecule has 2 saturated heterocycles. The highest BCUT2D eigenvalue weighted by Gasteiger charge is 2.30. The van der Waals surface area contributed by atoms with Crippen LogP contribution in [0.5, 0.6) is 0 Å². The van der Waals surface area contributed by atoms with Crippen LogP contribution in [-0.2, 0) is 14.3 Å². The molecule has 1 amide bonds. The Bertz CT molecular complexity index is 355. The minimum atomic E-state index is -0.815. The van der Waals surface area contributed by atoms with Gasteiger partial charge in [-0.3, -0.25) is 9.59 Å². The molecule has 21 heavy (non-hydrogen) atoms. The highest BCUT2D eigenvalue weighted by atomic mass is 32.2. The van der Waals surface area contributed by atoms with E-state index in [-0.39, 0.29) is 18.4 Å². The third kappa shape index (κ3) is 5.71. The van der Waals surface area contributed by atoms with E-state index in [1.807, 2.05) is 23.5 Å². The van der Waals surface area contributed by atoms with Gasteiger partial charge < -0.3 is 15.2 Å². The molecule has 7 heteroatoms. The highest BCUT2D eigenvalue weighted by Crippen LogP contribution is 2.26. The van der Waals surface area contributed by atoms with Crippen molar-refractivity contribution in [2.45, 2.75) is 24.5 Å². The van der Waals surface area contributed by atoms with Crippen LogP contribution >= 0.6 is 23.5 Å². The van der Waals surface area contributed by atoms with Crippen LogP contribution in [0, 0.1) is 11.8 Å². The number of hydrogen-bond donors (Lipinski definition) is 2. The van der Waals surface area contributed by atoms with E-state index in [1.54, 1.807) is 0 Å². The fourth-order valence-corrected chi connectivity index (χ4v) is 5.41. The zero-order chi connectivity index (χ0) is 15.1. The summed E-state index contributed by atoms with van der Waals surface area (Å²) in [5, 5.41) is 12.6. The highest BCUT2D eigenvalue weighted by molar-refractivity contribution is 8.06. The second-order valence-corrected chi connectivity index (χ2v) is 8.03. The van der Waals surface area contributed by atoms with Gasteiger partial charge in [-0.2, -0.15) is 23.5 Å². The summed E-state index contributed by atoms with van der Waals surface area (Å²) in [5.74, 6) is 2.05. The van der Waals surface area contributed by atoms with Crippen LogP contribution < -0.4 is 5.32 Å². The fraction of sp³-hybridized carbons (Fsp3) is 0.857. The van der Waals surface area contributed by atoms with Gasteiger partial charge >= 0.3 is 5.97 Å². The molecule has 0 aromatic heterocycles. The molecule has 0 aromatic carbocycles. The minimum Gasteiger partial charge on any atom is -0.481 e. The van der Waals surface area contributed by atoms with E-state index in [2.05, 4.69) is 5.32 Å². The molecule has 2 atom stereocenters. The summed E-state index contributed by atoms with van der Waals surface area (Å²) >= 11 is 3.73. The van der Waals surface area contributed by atoms with Crippen molar-refractivity contribution in [3.63, 3.8) is 0 Å². The molecule has 0 saturated carbocycles. The summed E-state index contributed by atoms with van der Waals surface area (Å²) in [6.45, 7) is 1.49. The minimum absolute atomic E-state index is 0.0201. The topological polar surface area (TPSA) is 75.6 Å². The zero-order valence-corrected chi connectivity index (χ0v) is 13.7. The molecule has 5 nitrogen and oxygen atoms in total. The number of ether oxygens (including phenoxy) is 1. The number of rotatable bonds is 6. The van der Waals surface area contributed by atoms with Crippen molar-refractivity contribution in [2.24, 2.45) is 11.8 Å². The van der Waals surface area contributed by atoms with Crippen LogP contribution in [0.2, 0.25) is 0 Å². The molecule has 0 aromatic rings. The Morgan fingerprint density at radius 1 is 1.29 bits per heavy atom. The van der Waals surface area contributed by atoms with Crippen LogP contribution in [0.3, 0.4) is 0 Å². The Morgan fingerprint density at radius 3 is 2.67 bits per heavy atom. The van der Waals surface area contributed by atoms with E-state index in [4.69, 9.17) is 4.74 Å². The normalized spacial score (nSPS) is 25.2. The van der Waals surface area contributed by atoms with Crippen molar-refractivity contribution in [3.05, 3.63) is 0 Å². The third-order valence-electron chi connectivity index (χ3n) is 3.97. The van der Waals surface area contributed by atoms with E-state index in [1.165, 1.54) is 0 Å². The number of carbonyl (C=O) groups is 2. The first-order chi connectivity index (χ1) is 10.2. The number of nitrogens with one attached hydrogen (secondary N) is 1. The summed E-state index contributed by atoms with van der Waals surface area (Å²) in [6, 6.07) is 0. The largest absolute Gasteiger partial charge is 0.481 e. The molecular formula is C14H23NO4S2. The Morgan fingerprint density at radius 2 is 2.05 bits per heavy atom. The second-order valence-electron chi connectivity index (χ2n) is 5.47. The van der Waals surface area contributed by atoms with Gasteiger partial charge in [0.25, 0.3) is 0 Å². The molecule has 2 fully saturated rings. The molecule has 0 bridgehead atoms. The van der Waals surface area contributed by atoms with Crippen molar-refractivity contribution < 1.29 is 19.4 Å². The SMILES string of the molecule is O=C(CC1CSCCS1)NCC(C(=O)O)C1CCOCC1. The molecule has 2 aliphatic rings. The lowest BCUT2D eigenvalue weighted by Crippen LogP contribution is -2.39. The Labute approximate surface area is 133 Å². The lowest BCUT2D eigenvalue weighted by molar-refractivity contribution is -0.144. The number of carboxylic acids is 1. The molecule has 0 radical (unpaired) electrons. The lowest BCUT2D eigenvalue weighted by atomic mass is 9.86. The molecule has 2 unspecified atom stereocenters. The summed E-state index contributed by atoms with van der Waals surface area (Å²) < 4.78 is 5.27. The van der Waals surface area contributed by atoms with Gasteiger partial charge in [0.15, 0.2) is 0 Å². The smallest absolute Gasteiger partial charge is 0.308 e. The standard InChI is InChI=1S/C14H23NO4S2/c16-13(7-11-9-20-5-6-21-11)15-8-12(14(17)18)10-1-3-19-4-2-10/h10-12H,1-9H2,(H,15,16)(H,17,18). The van der Waals surface area contributed by atoms with Gasteiger partial charge in [0, 0.05) is 48.7 Å². The quantitative estimate of drug-likeness (QED) is 0.767. The van der Waals surface area contributed by atoms with Gasteiger partial charge in [-0.15, -0.1) is 0 Å². The average Bonchev–Trinajstić information content (AvgIpc) is 2.49. The van der Waals surface area contributed by atoms with Gasteiger partial charge in [-0.25, -0.2) is 0 Å². The number of amides is 1. The van der Waals surface area contributed by atoms with Crippen LogP contribution in [0.25, 0.3) is 0 Å². The maximum Gasteiger partial charge on any atom is 0.308 e. The average molecular weight is 333 g/mol. The van der Waals surface area contributed by atoms with Crippen molar-refractivity contribution in [3.8, 4) is 0 Å². The van der Waals surface area contributed by atoms with Crippen LogP contribution in [-0.4, -0.2) is 59.3 Å². The zero-order valence-electron chi connectivity index (χ0n) is 12.1. The summed E-state index contributed by atoms with van der Waals surface area (Å²) in [7, 11) is 0. The van der Waals surface area contributed by atoms with E-state index in [0.717, 1.165) is 30.1 Å². The first kappa shape index (κ1) is 17.0. The Hall–Kier alpha value is -0.400. The third-order valence-corrected chi connectivity index (χ3v) is 6.81. The fourth-order valence-electron chi connectivity index (χ4n) is 2.73. The Kier molecular flexibility index (Phi) is 7.19. The number of carboxylic acid groups (broad SMARTS) is 1. The maximum atomic E-state index is 12.0. The predicted octanol–water partition coefficient (Wildman–Crippen LogP) is 1.47. The van der Waals surface area contributed by atoms with Crippen molar-refractivity contribution in [1.29, 1.82) is 0 Å². The van der Waals surface area contributed by atoms with Gasteiger partial charge in [0.2, 0.25) is 5.91 Å².